The van der Waals surface area contributed by atoms with Crippen molar-refractivity contribution in [1.29, 1.82) is 0 Å². The average molecular weight is 437 g/mol. The molecule has 2 aromatic carbocycles. The molecule has 4 rings (SSSR count). The summed E-state index contributed by atoms with van der Waals surface area (Å²) in [4.78, 5) is 41.5. The summed E-state index contributed by atoms with van der Waals surface area (Å²) in [7, 11) is 1.58. The monoisotopic (exact) mass is 436 g/mol. The van der Waals surface area contributed by atoms with Crippen LogP contribution in [0.5, 0.6) is 5.75 Å². The highest BCUT2D eigenvalue weighted by Crippen LogP contribution is 2.31. The van der Waals surface area contributed by atoms with E-state index < -0.39 is 23.4 Å². The molecule has 2 aliphatic heterocycles. The molecule has 0 bridgehead atoms. The number of hydrogen-bond donors (Lipinski definition) is 2. The molecule has 0 radical (unpaired) electrons. The molecule has 1 unspecified atom stereocenters. The maximum Gasteiger partial charge on any atom is 0.325 e. The summed E-state index contributed by atoms with van der Waals surface area (Å²) in [5.41, 5.74) is 1.99. The van der Waals surface area contributed by atoms with E-state index in [0.29, 0.717) is 17.0 Å². The average Bonchev–Trinajstić information content (AvgIpc) is 3.38. The van der Waals surface area contributed by atoms with Crippen LogP contribution in [0.4, 0.5) is 16.2 Å². The first-order valence-corrected chi connectivity index (χ1v) is 10.8. The highest BCUT2D eigenvalue weighted by Gasteiger charge is 2.49. The number of carbonyl (C=O) groups excluding carboxylic acids is 3. The van der Waals surface area contributed by atoms with Crippen LogP contribution in [0.1, 0.15) is 30.9 Å². The molecule has 0 saturated carbocycles. The van der Waals surface area contributed by atoms with Gasteiger partial charge in [-0.15, -0.1) is 0 Å². The molecule has 2 saturated heterocycles. The van der Waals surface area contributed by atoms with Gasteiger partial charge in [-0.1, -0.05) is 6.07 Å². The molecule has 8 heteroatoms. The number of benzene rings is 2. The second kappa shape index (κ2) is 8.53. The van der Waals surface area contributed by atoms with Gasteiger partial charge in [0.1, 0.15) is 17.8 Å². The van der Waals surface area contributed by atoms with Gasteiger partial charge in [-0.25, -0.2) is 4.79 Å². The number of amides is 4. The molecule has 2 aliphatic rings. The Hall–Kier alpha value is -3.55. The fraction of sp³-hybridized carbons (Fsp3) is 0.375. The molecule has 2 heterocycles. The quantitative estimate of drug-likeness (QED) is 0.680. The fourth-order valence-electron chi connectivity index (χ4n) is 4.30. The zero-order chi connectivity index (χ0) is 22.9. The second-order valence-corrected chi connectivity index (χ2v) is 8.42. The molecule has 8 nitrogen and oxygen atoms in total. The molecule has 0 spiro atoms. The van der Waals surface area contributed by atoms with E-state index >= 15 is 0 Å². The van der Waals surface area contributed by atoms with E-state index in [-0.39, 0.29) is 6.54 Å². The Balaban J connectivity index is 1.42. The van der Waals surface area contributed by atoms with Crippen LogP contribution in [0.25, 0.3) is 0 Å². The minimum Gasteiger partial charge on any atom is -0.496 e. The van der Waals surface area contributed by atoms with Crippen molar-refractivity contribution in [3.63, 3.8) is 0 Å². The summed E-state index contributed by atoms with van der Waals surface area (Å²) in [5.74, 6) is -0.203. The Morgan fingerprint density at radius 3 is 2.44 bits per heavy atom. The predicted molar refractivity (Wildman–Crippen MR) is 122 cm³/mol. The van der Waals surface area contributed by atoms with E-state index in [1.807, 2.05) is 37.3 Å². The van der Waals surface area contributed by atoms with Gasteiger partial charge >= 0.3 is 6.03 Å². The molecule has 2 N–H and O–H groups in total. The number of imide groups is 1. The molecule has 0 aromatic heterocycles. The van der Waals surface area contributed by atoms with Crippen LogP contribution >= 0.6 is 0 Å². The number of nitrogens with zero attached hydrogens (tertiary/aromatic N) is 2. The van der Waals surface area contributed by atoms with Gasteiger partial charge in [0.25, 0.3) is 5.91 Å². The number of ether oxygens (including phenoxy) is 1. The van der Waals surface area contributed by atoms with E-state index in [1.54, 1.807) is 26.2 Å². The Labute approximate surface area is 187 Å². The van der Waals surface area contributed by atoms with Crippen LogP contribution in [-0.2, 0) is 15.1 Å². The van der Waals surface area contributed by atoms with Crippen molar-refractivity contribution in [2.75, 3.05) is 37.0 Å². The van der Waals surface area contributed by atoms with Crippen LogP contribution < -0.4 is 20.3 Å². The second-order valence-electron chi connectivity index (χ2n) is 8.42. The highest BCUT2D eigenvalue weighted by molar-refractivity contribution is 6.10. The molecule has 0 aliphatic carbocycles. The van der Waals surface area contributed by atoms with Crippen LogP contribution in [0, 0.1) is 6.92 Å². The third-order valence-electron chi connectivity index (χ3n) is 6.17. The maximum atomic E-state index is 13.1. The molecule has 168 valence electrons. The van der Waals surface area contributed by atoms with Crippen LogP contribution in [0.2, 0.25) is 0 Å². The van der Waals surface area contributed by atoms with Gasteiger partial charge in [0, 0.05) is 24.5 Å². The summed E-state index contributed by atoms with van der Waals surface area (Å²) in [6, 6.07) is 12.3. The van der Waals surface area contributed by atoms with Gasteiger partial charge < -0.3 is 20.3 Å². The van der Waals surface area contributed by atoms with Crippen molar-refractivity contribution in [3.8, 4) is 5.75 Å². The van der Waals surface area contributed by atoms with Crippen molar-refractivity contribution in [2.24, 2.45) is 0 Å². The van der Waals surface area contributed by atoms with Crippen molar-refractivity contribution in [3.05, 3.63) is 53.6 Å². The summed E-state index contributed by atoms with van der Waals surface area (Å²) >= 11 is 0. The van der Waals surface area contributed by atoms with Crippen molar-refractivity contribution in [1.82, 2.24) is 10.2 Å². The van der Waals surface area contributed by atoms with Crippen LogP contribution in [0.3, 0.4) is 0 Å². The molecule has 2 aromatic rings. The first kappa shape index (κ1) is 21.7. The first-order chi connectivity index (χ1) is 15.3. The summed E-state index contributed by atoms with van der Waals surface area (Å²) in [6.07, 6.45) is 2.39. The predicted octanol–water partition coefficient (Wildman–Crippen LogP) is 3.01. The van der Waals surface area contributed by atoms with Crippen molar-refractivity contribution in [2.45, 2.75) is 32.2 Å². The zero-order valence-corrected chi connectivity index (χ0v) is 18.6. The largest absolute Gasteiger partial charge is 0.496 e. The highest BCUT2D eigenvalue weighted by atomic mass is 16.5. The number of aryl methyl sites for hydroxylation is 1. The number of rotatable bonds is 6. The lowest BCUT2D eigenvalue weighted by atomic mass is 9.90. The van der Waals surface area contributed by atoms with Crippen molar-refractivity contribution < 1.29 is 19.1 Å². The number of anilines is 2. The van der Waals surface area contributed by atoms with Crippen LogP contribution in [-0.4, -0.2) is 49.5 Å². The molecule has 32 heavy (non-hydrogen) atoms. The summed E-state index contributed by atoms with van der Waals surface area (Å²) in [6.45, 7) is 5.24. The zero-order valence-electron chi connectivity index (χ0n) is 18.6. The molecule has 4 amide bonds. The molecule has 1 atom stereocenters. The lowest BCUT2D eigenvalue weighted by molar-refractivity contribution is -0.133. The minimum atomic E-state index is -1.24. The van der Waals surface area contributed by atoms with Crippen LogP contribution in [0.15, 0.2) is 42.5 Å². The number of carbonyl (C=O) groups is 3. The maximum absolute atomic E-state index is 13.1. The number of methoxy groups -OCH3 is 1. The lowest BCUT2D eigenvalue weighted by Crippen LogP contribution is -2.42. The van der Waals surface area contributed by atoms with E-state index in [2.05, 4.69) is 15.5 Å². The van der Waals surface area contributed by atoms with Gasteiger partial charge in [-0.05, 0) is 74.2 Å². The van der Waals surface area contributed by atoms with E-state index in [4.69, 9.17) is 4.74 Å². The number of hydrogen-bond acceptors (Lipinski definition) is 5. The smallest absolute Gasteiger partial charge is 0.325 e. The molecular weight excluding hydrogens is 408 g/mol. The number of nitrogens with one attached hydrogen (secondary N) is 2. The Morgan fingerprint density at radius 2 is 1.81 bits per heavy atom. The lowest BCUT2D eigenvalue weighted by Gasteiger charge is -2.23. The SMILES string of the molecule is COc1ccc(C2(C)NC(=O)N(CC(=O)Nc3ccc(N4CCCC4)cc3)C2=O)cc1C. The summed E-state index contributed by atoms with van der Waals surface area (Å²) < 4.78 is 5.27. The topological polar surface area (TPSA) is 91.0 Å². The normalized spacial score (nSPS) is 20.5. The van der Waals surface area contributed by atoms with Gasteiger partial charge in [0.2, 0.25) is 5.91 Å². The van der Waals surface area contributed by atoms with Gasteiger partial charge in [0.15, 0.2) is 0 Å². The van der Waals surface area contributed by atoms with Crippen molar-refractivity contribution >= 4 is 29.2 Å². The standard InChI is InChI=1S/C24H28N4O4/c1-16-14-17(6-11-20(16)32-3)24(2)22(30)28(23(31)26-24)15-21(29)25-18-7-9-19(10-8-18)27-12-4-5-13-27/h6-11,14H,4-5,12-13,15H2,1-3H3,(H,25,29)(H,26,31). The van der Waals surface area contributed by atoms with E-state index in [1.165, 1.54) is 12.8 Å². The number of urea groups is 1. The third-order valence-corrected chi connectivity index (χ3v) is 6.17. The Kier molecular flexibility index (Phi) is 5.78. The Bertz CT molecular complexity index is 1050. The van der Waals surface area contributed by atoms with Gasteiger partial charge in [-0.3, -0.25) is 14.5 Å². The molecular formula is C24H28N4O4. The van der Waals surface area contributed by atoms with E-state index in [0.717, 1.165) is 29.2 Å². The van der Waals surface area contributed by atoms with Gasteiger partial charge in [-0.2, -0.15) is 0 Å². The fourth-order valence-corrected chi connectivity index (χ4v) is 4.30. The van der Waals surface area contributed by atoms with Gasteiger partial charge in [0.05, 0.1) is 7.11 Å². The Morgan fingerprint density at radius 1 is 1.12 bits per heavy atom. The van der Waals surface area contributed by atoms with E-state index in [9.17, 15) is 14.4 Å². The minimum absolute atomic E-state index is 0.358. The third kappa shape index (κ3) is 4.00. The summed E-state index contributed by atoms with van der Waals surface area (Å²) in [5, 5.41) is 5.50. The molecule has 2 fully saturated rings. The first-order valence-electron chi connectivity index (χ1n) is 10.8.